The number of nitrogens with one attached hydrogen (secondary N) is 1. The molecule has 0 unspecified atom stereocenters. The zero-order valence-corrected chi connectivity index (χ0v) is 24.0. The Labute approximate surface area is 227 Å². The van der Waals surface area contributed by atoms with Gasteiger partial charge in [-0.1, -0.05) is 56.0 Å². The molecular formula is C29H41N3O5S. The quantitative estimate of drug-likeness (QED) is 0.455. The van der Waals surface area contributed by atoms with Crippen LogP contribution in [0.4, 0.5) is 5.69 Å². The number of carbonyl (C=O) groups excluding carboxylic acids is 2. The summed E-state index contributed by atoms with van der Waals surface area (Å²) in [4.78, 5) is 28.9. The van der Waals surface area contributed by atoms with E-state index in [1.165, 1.54) is 11.3 Å². The van der Waals surface area contributed by atoms with E-state index in [-0.39, 0.29) is 18.5 Å². The molecule has 1 saturated carbocycles. The minimum absolute atomic E-state index is 0.0989. The highest BCUT2D eigenvalue weighted by atomic mass is 32.2. The number of rotatable bonds is 11. The van der Waals surface area contributed by atoms with Crippen LogP contribution < -0.4 is 14.4 Å². The molecule has 1 aliphatic rings. The Morgan fingerprint density at radius 2 is 1.79 bits per heavy atom. The van der Waals surface area contributed by atoms with Crippen LogP contribution in [0.15, 0.2) is 42.5 Å². The predicted molar refractivity (Wildman–Crippen MR) is 151 cm³/mol. The van der Waals surface area contributed by atoms with Crippen LogP contribution in [0.25, 0.3) is 0 Å². The second kappa shape index (κ2) is 13.1. The fourth-order valence-electron chi connectivity index (χ4n) is 5.11. The zero-order valence-electron chi connectivity index (χ0n) is 23.2. The molecule has 2 aromatic rings. The first-order valence-corrected chi connectivity index (χ1v) is 15.2. The molecule has 8 nitrogen and oxygen atoms in total. The van der Waals surface area contributed by atoms with Crippen LogP contribution in [-0.2, 0) is 26.2 Å². The summed E-state index contributed by atoms with van der Waals surface area (Å²) in [5.41, 5.74) is 2.99. The Balaban J connectivity index is 1.95. The van der Waals surface area contributed by atoms with Gasteiger partial charge in [-0.15, -0.1) is 0 Å². The number of aryl methyl sites for hydroxylation is 2. The molecule has 0 heterocycles. The Bertz CT molecular complexity index is 1220. The summed E-state index contributed by atoms with van der Waals surface area (Å²) in [7, 11) is -2.20. The van der Waals surface area contributed by atoms with Crippen molar-refractivity contribution in [3.63, 3.8) is 0 Å². The number of hydrogen-bond acceptors (Lipinski definition) is 5. The van der Waals surface area contributed by atoms with E-state index in [0.29, 0.717) is 17.9 Å². The van der Waals surface area contributed by atoms with Gasteiger partial charge in [0.1, 0.15) is 18.3 Å². The van der Waals surface area contributed by atoms with Crippen LogP contribution in [0.1, 0.15) is 62.1 Å². The highest BCUT2D eigenvalue weighted by Gasteiger charge is 2.33. The van der Waals surface area contributed by atoms with Crippen LogP contribution in [-0.4, -0.2) is 57.1 Å². The third-order valence-corrected chi connectivity index (χ3v) is 8.25. The van der Waals surface area contributed by atoms with Gasteiger partial charge in [0.15, 0.2) is 0 Å². The van der Waals surface area contributed by atoms with E-state index >= 15 is 0 Å². The average Bonchev–Trinajstić information content (AvgIpc) is 2.87. The van der Waals surface area contributed by atoms with Crippen LogP contribution in [0.3, 0.4) is 0 Å². The molecule has 1 aliphatic carbocycles. The lowest BCUT2D eigenvalue weighted by atomic mass is 9.95. The van der Waals surface area contributed by atoms with E-state index < -0.39 is 28.5 Å². The fourth-order valence-corrected chi connectivity index (χ4v) is 6.02. The number of hydrogen-bond donors (Lipinski definition) is 1. The highest BCUT2D eigenvalue weighted by Crippen LogP contribution is 2.25. The monoisotopic (exact) mass is 543 g/mol. The molecule has 0 aliphatic heterocycles. The van der Waals surface area contributed by atoms with Crippen molar-refractivity contribution < 1.29 is 22.7 Å². The first kappa shape index (κ1) is 29.5. The first-order chi connectivity index (χ1) is 18.0. The van der Waals surface area contributed by atoms with E-state index in [2.05, 4.69) is 5.32 Å². The summed E-state index contributed by atoms with van der Waals surface area (Å²) in [6.45, 7) is 5.37. The maximum atomic E-state index is 13.9. The normalized spacial score (nSPS) is 15.0. The molecule has 0 radical (unpaired) electrons. The number of carbonyl (C=O) groups is 2. The molecule has 9 heteroatoms. The van der Waals surface area contributed by atoms with Gasteiger partial charge in [0.05, 0.1) is 19.1 Å². The van der Waals surface area contributed by atoms with Crippen LogP contribution >= 0.6 is 0 Å². The van der Waals surface area contributed by atoms with Gasteiger partial charge >= 0.3 is 0 Å². The van der Waals surface area contributed by atoms with Crippen LogP contribution in [0, 0.1) is 13.8 Å². The SMILES string of the molecule is CC[C@H](C(=O)NC1CCCCC1)N(Cc1cccc(OC)c1)C(=O)CN(c1ccc(C)cc1C)S(C)(=O)=O. The number of amides is 2. The molecule has 1 atom stereocenters. The third kappa shape index (κ3) is 7.72. The second-order valence-electron chi connectivity index (χ2n) is 10.2. The highest BCUT2D eigenvalue weighted by molar-refractivity contribution is 7.92. The van der Waals surface area contributed by atoms with E-state index in [1.54, 1.807) is 13.2 Å². The van der Waals surface area contributed by atoms with Crippen molar-refractivity contribution in [2.45, 2.75) is 77.9 Å². The van der Waals surface area contributed by atoms with Gasteiger partial charge in [-0.3, -0.25) is 13.9 Å². The maximum absolute atomic E-state index is 13.9. The lowest BCUT2D eigenvalue weighted by Crippen LogP contribution is -2.54. The van der Waals surface area contributed by atoms with E-state index in [1.807, 2.05) is 57.2 Å². The van der Waals surface area contributed by atoms with Crippen molar-refractivity contribution in [1.82, 2.24) is 10.2 Å². The molecule has 0 saturated heterocycles. The third-order valence-electron chi connectivity index (χ3n) is 7.12. The minimum atomic E-state index is -3.78. The molecule has 3 rings (SSSR count). The first-order valence-electron chi connectivity index (χ1n) is 13.3. The summed E-state index contributed by atoms with van der Waals surface area (Å²) in [5, 5.41) is 3.15. The Kier molecular flexibility index (Phi) is 10.2. The van der Waals surface area contributed by atoms with Crippen molar-refractivity contribution >= 4 is 27.5 Å². The van der Waals surface area contributed by atoms with E-state index in [4.69, 9.17) is 4.74 Å². The summed E-state index contributed by atoms with van der Waals surface area (Å²) < 4.78 is 32.2. The van der Waals surface area contributed by atoms with Crippen molar-refractivity contribution in [2.24, 2.45) is 0 Å². The van der Waals surface area contributed by atoms with Crippen molar-refractivity contribution in [3.05, 3.63) is 59.2 Å². The van der Waals surface area contributed by atoms with Crippen LogP contribution in [0.2, 0.25) is 0 Å². The largest absolute Gasteiger partial charge is 0.497 e. The molecule has 208 valence electrons. The summed E-state index contributed by atoms with van der Waals surface area (Å²) in [6.07, 6.45) is 6.68. The van der Waals surface area contributed by atoms with E-state index in [0.717, 1.165) is 52.9 Å². The minimum Gasteiger partial charge on any atom is -0.497 e. The van der Waals surface area contributed by atoms with Gasteiger partial charge in [0, 0.05) is 12.6 Å². The van der Waals surface area contributed by atoms with Gasteiger partial charge in [0.2, 0.25) is 21.8 Å². The Hall–Kier alpha value is -3.07. The van der Waals surface area contributed by atoms with Gasteiger partial charge in [-0.2, -0.15) is 0 Å². The van der Waals surface area contributed by atoms with Gasteiger partial charge in [0.25, 0.3) is 0 Å². The number of ether oxygens (including phenoxy) is 1. The molecular weight excluding hydrogens is 502 g/mol. The molecule has 0 bridgehead atoms. The molecule has 2 amide bonds. The topological polar surface area (TPSA) is 96.0 Å². The summed E-state index contributed by atoms with van der Waals surface area (Å²) in [6, 6.07) is 12.1. The lowest BCUT2D eigenvalue weighted by molar-refractivity contribution is -0.140. The second-order valence-corrected chi connectivity index (χ2v) is 12.1. The van der Waals surface area contributed by atoms with Gasteiger partial charge in [-0.25, -0.2) is 8.42 Å². The molecule has 0 aromatic heterocycles. The van der Waals surface area contributed by atoms with Crippen molar-refractivity contribution in [1.29, 1.82) is 0 Å². The fraction of sp³-hybridized carbons (Fsp3) is 0.517. The van der Waals surface area contributed by atoms with Gasteiger partial charge in [-0.05, 0) is 62.4 Å². The standard InChI is InChI=1S/C29H41N3O5S/c1-6-26(29(34)30-24-12-8-7-9-13-24)31(19-23-11-10-14-25(18-23)37-4)28(33)20-32(38(5,35)36)27-16-15-21(2)17-22(27)3/h10-11,14-18,24,26H,6-9,12-13,19-20H2,1-5H3,(H,30,34)/t26-/m1/s1. The van der Waals surface area contributed by atoms with Gasteiger partial charge < -0.3 is 15.0 Å². The van der Waals surface area contributed by atoms with Crippen LogP contribution in [0.5, 0.6) is 5.75 Å². The zero-order chi connectivity index (χ0) is 27.9. The lowest BCUT2D eigenvalue weighted by Gasteiger charge is -2.34. The summed E-state index contributed by atoms with van der Waals surface area (Å²) in [5.74, 6) is -0.000389. The molecule has 0 spiro atoms. The molecule has 1 N–H and O–H groups in total. The number of methoxy groups -OCH3 is 1. The predicted octanol–water partition coefficient (Wildman–Crippen LogP) is 4.33. The average molecular weight is 544 g/mol. The van der Waals surface area contributed by atoms with Crippen molar-refractivity contribution in [3.8, 4) is 5.75 Å². The Morgan fingerprint density at radius 3 is 2.39 bits per heavy atom. The number of benzene rings is 2. The number of sulfonamides is 1. The smallest absolute Gasteiger partial charge is 0.244 e. The molecule has 2 aromatic carbocycles. The summed E-state index contributed by atoms with van der Waals surface area (Å²) >= 11 is 0. The molecule has 38 heavy (non-hydrogen) atoms. The number of nitrogens with zero attached hydrogens (tertiary/aromatic N) is 2. The maximum Gasteiger partial charge on any atom is 0.244 e. The number of anilines is 1. The molecule has 1 fully saturated rings. The van der Waals surface area contributed by atoms with E-state index in [9.17, 15) is 18.0 Å². The Morgan fingerprint density at radius 1 is 1.08 bits per heavy atom. The van der Waals surface area contributed by atoms with Crippen molar-refractivity contribution in [2.75, 3.05) is 24.2 Å².